The summed E-state index contributed by atoms with van der Waals surface area (Å²) in [5.41, 5.74) is 5.89. The first-order valence-corrected chi connectivity index (χ1v) is 6.42. The lowest BCUT2D eigenvalue weighted by Crippen LogP contribution is -2.30. The molecule has 0 aromatic heterocycles. The highest BCUT2D eigenvalue weighted by molar-refractivity contribution is 5.92. The number of amides is 1. The molecular weight excluding hydrogens is 285 g/mol. The third-order valence-electron chi connectivity index (χ3n) is 3.09. The van der Waals surface area contributed by atoms with E-state index in [-0.39, 0.29) is 23.3 Å². The van der Waals surface area contributed by atoms with Crippen molar-refractivity contribution >= 4 is 12.0 Å². The van der Waals surface area contributed by atoms with Gasteiger partial charge in [0.15, 0.2) is 0 Å². The number of carbonyl (C=O) groups is 1. The molecule has 0 spiro atoms. The Labute approximate surface area is 120 Å². The van der Waals surface area contributed by atoms with Crippen LogP contribution >= 0.6 is 0 Å². The summed E-state index contributed by atoms with van der Waals surface area (Å²) in [4.78, 5) is 13.4. The maximum absolute atomic E-state index is 12.3. The Morgan fingerprint density at radius 1 is 1.38 bits per heavy atom. The zero-order chi connectivity index (χ0) is 15.5. The van der Waals surface area contributed by atoms with Crippen molar-refractivity contribution in [3.8, 4) is 5.75 Å². The number of nitrogens with zero attached hydrogens (tertiary/aromatic N) is 1. The highest BCUT2D eigenvalue weighted by atomic mass is 19.4. The Hall–Kier alpha value is -2.02. The van der Waals surface area contributed by atoms with Gasteiger partial charge in [0.05, 0.1) is 0 Å². The third kappa shape index (κ3) is 4.49. The summed E-state index contributed by atoms with van der Waals surface area (Å²) in [6, 6.07) is 5.60. The summed E-state index contributed by atoms with van der Waals surface area (Å²) in [5.74, 6) is -0.614. The second-order valence-corrected chi connectivity index (χ2v) is 4.75. The summed E-state index contributed by atoms with van der Waals surface area (Å²) in [6.45, 7) is 1.02. The average Bonchev–Trinajstić information content (AvgIpc) is 2.82. The Morgan fingerprint density at radius 3 is 2.71 bits per heavy atom. The number of para-hydroxylation sites is 1. The van der Waals surface area contributed by atoms with Gasteiger partial charge in [0.1, 0.15) is 5.75 Å². The van der Waals surface area contributed by atoms with Crippen LogP contribution in [0.1, 0.15) is 12.0 Å². The van der Waals surface area contributed by atoms with Gasteiger partial charge in [-0.15, -0.1) is 13.2 Å². The van der Waals surface area contributed by atoms with E-state index in [0.717, 1.165) is 6.42 Å². The number of alkyl halides is 3. The van der Waals surface area contributed by atoms with Crippen LogP contribution in [-0.2, 0) is 4.79 Å². The molecule has 0 aliphatic carbocycles. The molecule has 1 aromatic rings. The van der Waals surface area contributed by atoms with Gasteiger partial charge in [0.2, 0.25) is 5.91 Å². The summed E-state index contributed by atoms with van der Waals surface area (Å²) in [6.07, 6.45) is -1.49. The molecule has 1 fully saturated rings. The highest BCUT2D eigenvalue weighted by Gasteiger charge is 2.31. The molecule has 2 rings (SSSR count). The summed E-state index contributed by atoms with van der Waals surface area (Å²) < 4.78 is 40.7. The van der Waals surface area contributed by atoms with E-state index < -0.39 is 6.36 Å². The van der Waals surface area contributed by atoms with E-state index in [1.54, 1.807) is 11.0 Å². The molecule has 114 valence electrons. The van der Waals surface area contributed by atoms with Crippen LogP contribution in [0.25, 0.3) is 6.08 Å². The van der Waals surface area contributed by atoms with Crippen LogP contribution in [-0.4, -0.2) is 36.3 Å². The molecule has 1 aliphatic rings. The molecule has 7 heteroatoms. The van der Waals surface area contributed by atoms with Crippen LogP contribution in [0.5, 0.6) is 5.75 Å². The fourth-order valence-electron chi connectivity index (χ4n) is 2.09. The fraction of sp³-hybridized carbons (Fsp3) is 0.357. The lowest BCUT2D eigenvalue weighted by molar-refractivity contribution is -0.274. The zero-order valence-corrected chi connectivity index (χ0v) is 11.1. The topological polar surface area (TPSA) is 55.6 Å². The van der Waals surface area contributed by atoms with E-state index in [9.17, 15) is 18.0 Å². The summed E-state index contributed by atoms with van der Waals surface area (Å²) >= 11 is 0. The number of halogens is 3. The normalized spacial score (nSPS) is 19.2. The molecule has 1 heterocycles. The smallest absolute Gasteiger partial charge is 0.405 e. The number of hydrogen-bond acceptors (Lipinski definition) is 3. The lowest BCUT2D eigenvalue weighted by atomic mass is 10.2. The molecule has 21 heavy (non-hydrogen) atoms. The minimum absolute atomic E-state index is 0.0387. The molecule has 4 nitrogen and oxygen atoms in total. The Balaban J connectivity index is 2.08. The second-order valence-electron chi connectivity index (χ2n) is 4.75. The number of benzene rings is 1. The van der Waals surface area contributed by atoms with E-state index in [4.69, 9.17) is 5.73 Å². The van der Waals surface area contributed by atoms with Crippen molar-refractivity contribution < 1.29 is 22.7 Å². The SMILES string of the molecule is NC1CCN(C(=O)/C=C/c2ccccc2OC(F)(F)F)C1. The largest absolute Gasteiger partial charge is 0.573 e. The van der Waals surface area contributed by atoms with Gasteiger partial charge in [-0.05, 0) is 18.6 Å². The second kappa shape index (κ2) is 6.17. The molecular formula is C14H15F3N2O2. The van der Waals surface area contributed by atoms with Gasteiger partial charge >= 0.3 is 6.36 Å². The Kier molecular flexibility index (Phi) is 4.52. The molecule has 2 N–H and O–H groups in total. The van der Waals surface area contributed by atoms with Crippen molar-refractivity contribution in [1.29, 1.82) is 0 Å². The molecule has 1 aliphatic heterocycles. The minimum atomic E-state index is -4.77. The maximum atomic E-state index is 12.3. The number of carbonyl (C=O) groups excluding carboxylic acids is 1. The van der Waals surface area contributed by atoms with Crippen LogP contribution in [0.15, 0.2) is 30.3 Å². The van der Waals surface area contributed by atoms with Gasteiger partial charge in [-0.1, -0.05) is 18.2 Å². The predicted molar refractivity (Wildman–Crippen MR) is 71.3 cm³/mol. The first-order chi connectivity index (χ1) is 9.85. The van der Waals surface area contributed by atoms with Crippen LogP contribution in [0.2, 0.25) is 0 Å². The molecule has 1 aromatic carbocycles. The van der Waals surface area contributed by atoms with Crippen molar-refractivity contribution in [3.63, 3.8) is 0 Å². The van der Waals surface area contributed by atoms with Crippen molar-refractivity contribution in [2.75, 3.05) is 13.1 Å². The molecule has 0 radical (unpaired) electrons. The van der Waals surface area contributed by atoms with Crippen molar-refractivity contribution in [2.24, 2.45) is 5.73 Å². The predicted octanol–water partition coefficient (Wildman–Crippen LogP) is 2.16. The Bertz CT molecular complexity index is 543. The van der Waals surface area contributed by atoms with E-state index in [0.29, 0.717) is 13.1 Å². The van der Waals surface area contributed by atoms with Crippen LogP contribution in [0.3, 0.4) is 0 Å². The molecule has 1 unspecified atom stereocenters. The van der Waals surface area contributed by atoms with Gasteiger partial charge in [-0.3, -0.25) is 4.79 Å². The monoisotopic (exact) mass is 300 g/mol. The third-order valence-corrected chi connectivity index (χ3v) is 3.09. The maximum Gasteiger partial charge on any atom is 0.573 e. The van der Waals surface area contributed by atoms with Gasteiger partial charge < -0.3 is 15.4 Å². The molecule has 1 atom stereocenters. The van der Waals surface area contributed by atoms with E-state index in [1.165, 1.54) is 30.4 Å². The summed E-state index contributed by atoms with van der Waals surface area (Å²) in [7, 11) is 0. The molecule has 1 saturated heterocycles. The van der Waals surface area contributed by atoms with Crippen LogP contribution in [0.4, 0.5) is 13.2 Å². The summed E-state index contributed by atoms with van der Waals surface area (Å²) in [5, 5.41) is 0. The zero-order valence-electron chi connectivity index (χ0n) is 11.1. The standard InChI is InChI=1S/C14H15F3N2O2/c15-14(16,17)21-12-4-2-1-3-10(12)5-6-13(20)19-8-7-11(18)9-19/h1-6,11H,7-9,18H2/b6-5+. The number of nitrogens with two attached hydrogens (primary N) is 1. The molecule has 0 bridgehead atoms. The quantitative estimate of drug-likeness (QED) is 0.870. The van der Waals surface area contributed by atoms with Crippen molar-refractivity contribution in [3.05, 3.63) is 35.9 Å². The number of rotatable bonds is 3. The van der Waals surface area contributed by atoms with Crippen LogP contribution < -0.4 is 10.5 Å². The fourth-order valence-corrected chi connectivity index (χ4v) is 2.09. The van der Waals surface area contributed by atoms with E-state index in [2.05, 4.69) is 4.74 Å². The lowest BCUT2D eigenvalue weighted by Gasteiger charge is -2.13. The van der Waals surface area contributed by atoms with E-state index >= 15 is 0 Å². The van der Waals surface area contributed by atoms with Gasteiger partial charge in [-0.2, -0.15) is 0 Å². The first-order valence-electron chi connectivity index (χ1n) is 6.42. The number of ether oxygens (including phenoxy) is 1. The van der Waals surface area contributed by atoms with E-state index in [1.807, 2.05) is 0 Å². The highest BCUT2D eigenvalue weighted by Crippen LogP contribution is 2.27. The minimum Gasteiger partial charge on any atom is -0.405 e. The van der Waals surface area contributed by atoms with Gasteiger partial charge in [0, 0.05) is 30.8 Å². The number of hydrogen-bond donors (Lipinski definition) is 1. The Morgan fingerprint density at radius 2 is 2.10 bits per heavy atom. The van der Waals surface area contributed by atoms with Crippen LogP contribution in [0, 0.1) is 0 Å². The number of likely N-dealkylation sites (tertiary alicyclic amines) is 1. The van der Waals surface area contributed by atoms with Crippen molar-refractivity contribution in [1.82, 2.24) is 4.90 Å². The van der Waals surface area contributed by atoms with Gasteiger partial charge in [-0.25, -0.2) is 0 Å². The molecule has 1 amide bonds. The van der Waals surface area contributed by atoms with Crippen molar-refractivity contribution in [2.45, 2.75) is 18.8 Å². The van der Waals surface area contributed by atoms with Gasteiger partial charge in [0.25, 0.3) is 0 Å². The first kappa shape index (κ1) is 15.4. The average molecular weight is 300 g/mol. The molecule has 0 saturated carbocycles.